The maximum Gasteiger partial charge on any atom is 0.368 e. The maximum atomic E-state index is 10.6. The lowest BCUT2D eigenvalue weighted by atomic mass is 10.2. The molecule has 0 aromatic carbocycles. The fraction of sp³-hybridized carbons (Fsp3) is 0.625. The Morgan fingerprint density at radius 2 is 2.27 bits per heavy atom. The Kier molecular flexibility index (Phi) is 5.47. The van der Waals surface area contributed by atoms with Crippen LogP contribution in [0.3, 0.4) is 0 Å². The van der Waals surface area contributed by atoms with Crippen molar-refractivity contribution in [3.63, 3.8) is 0 Å². The fourth-order valence-corrected chi connectivity index (χ4v) is 0.678. The summed E-state index contributed by atoms with van der Waals surface area (Å²) >= 11 is 0. The van der Waals surface area contributed by atoms with E-state index in [1.165, 1.54) is 0 Å². The van der Waals surface area contributed by atoms with Crippen molar-refractivity contribution in [1.29, 1.82) is 0 Å². The second kappa shape index (κ2) is 5.92. The van der Waals surface area contributed by atoms with Crippen LogP contribution >= 0.6 is 0 Å². The highest BCUT2D eigenvalue weighted by atomic mass is 17.1. The van der Waals surface area contributed by atoms with Crippen LogP contribution in [-0.4, -0.2) is 11.2 Å². The van der Waals surface area contributed by atoms with Crippen LogP contribution in [0.15, 0.2) is 11.6 Å². The molecule has 0 saturated carbocycles. The molecule has 0 saturated heterocycles. The van der Waals surface area contributed by atoms with E-state index in [1.54, 1.807) is 13.0 Å². The molecule has 0 rings (SSSR count). The van der Waals surface area contributed by atoms with Crippen molar-refractivity contribution in [3.05, 3.63) is 11.6 Å². The first-order chi connectivity index (χ1) is 5.22. The van der Waals surface area contributed by atoms with Crippen molar-refractivity contribution in [2.75, 3.05) is 0 Å². The van der Waals surface area contributed by atoms with Crippen molar-refractivity contribution < 1.29 is 14.9 Å². The number of hydrogen-bond donors (Lipinski definition) is 1. The number of rotatable bonds is 4. The molecule has 0 radical (unpaired) electrons. The van der Waals surface area contributed by atoms with E-state index in [0.29, 0.717) is 5.57 Å². The fourth-order valence-electron chi connectivity index (χ4n) is 0.678. The molecule has 0 bridgehead atoms. The van der Waals surface area contributed by atoms with Gasteiger partial charge in [-0.05, 0) is 13.3 Å². The van der Waals surface area contributed by atoms with Crippen LogP contribution in [0.4, 0.5) is 0 Å². The van der Waals surface area contributed by atoms with Crippen molar-refractivity contribution in [1.82, 2.24) is 0 Å². The van der Waals surface area contributed by atoms with Crippen molar-refractivity contribution in [3.8, 4) is 0 Å². The van der Waals surface area contributed by atoms with Gasteiger partial charge in [0.15, 0.2) is 0 Å². The van der Waals surface area contributed by atoms with Crippen LogP contribution < -0.4 is 0 Å². The first kappa shape index (κ1) is 10.2. The van der Waals surface area contributed by atoms with Gasteiger partial charge >= 0.3 is 5.97 Å². The van der Waals surface area contributed by atoms with Gasteiger partial charge in [0.05, 0.1) is 0 Å². The van der Waals surface area contributed by atoms with Crippen molar-refractivity contribution in [2.45, 2.75) is 33.1 Å². The molecule has 11 heavy (non-hydrogen) atoms. The standard InChI is InChI=1S/C8H14O3/c1-3-4-5-6-7(2)8(9)11-10/h6,10H,3-5H2,1-2H3/b7-6+. The molecule has 0 amide bonds. The number of unbranched alkanes of at least 4 members (excludes halogenated alkanes) is 2. The summed E-state index contributed by atoms with van der Waals surface area (Å²) in [6.07, 6.45) is 4.77. The highest BCUT2D eigenvalue weighted by Gasteiger charge is 2.02. The number of carbonyl (C=O) groups is 1. The SMILES string of the molecule is CCCC/C=C(\C)C(=O)OO. The van der Waals surface area contributed by atoms with Crippen LogP contribution in [-0.2, 0) is 9.68 Å². The summed E-state index contributed by atoms with van der Waals surface area (Å²) in [6.45, 7) is 3.70. The maximum absolute atomic E-state index is 10.6. The second-order valence-corrected chi connectivity index (χ2v) is 2.41. The van der Waals surface area contributed by atoms with Crippen LogP contribution in [0.5, 0.6) is 0 Å². The first-order valence-corrected chi connectivity index (χ1v) is 3.74. The summed E-state index contributed by atoms with van der Waals surface area (Å²) in [7, 11) is 0. The van der Waals surface area contributed by atoms with Gasteiger partial charge in [0.2, 0.25) is 0 Å². The average Bonchev–Trinajstić information content (AvgIpc) is 2.03. The molecule has 0 atom stereocenters. The van der Waals surface area contributed by atoms with Crippen LogP contribution in [0, 0.1) is 0 Å². The monoisotopic (exact) mass is 158 g/mol. The van der Waals surface area contributed by atoms with Crippen molar-refractivity contribution >= 4 is 5.97 Å². The molecule has 0 aliphatic carbocycles. The third kappa shape index (κ3) is 4.56. The summed E-state index contributed by atoms with van der Waals surface area (Å²) in [5, 5.41) is 7.97. The summed E-state index contributed by atoms with van der Waals surface area (Å²) in [5.41, 5.74) is 0.459. The van der Waals surface area contributed by atoms with Crippen molar-refractivity contribution in [2.24, 2.45) is 0 Å². The zero-order chi connectivity index (χ0) is 8.69. The van der Waals surface area contributed by atoms with E-state index in [2.05, 4.69) is 11.8 Å². The van der Waals surface area contributed by atoms with Gasteiger partial charge in [-0.2, -0.15) is 5.26 Å². The molecule has 0 aliphatic heterocycles. The number of allylic oxidation sites excluding steroid dienone is 1. The van der Waals surface area contributed by atoms with Gasteiger partial charge in [0.1, 0.15) is 0 Å². The van der Waals surface area contributed by atoms with Crippen LogP contribution in [0.1, 0.15) is 33.1 Å². The summed E-state index contributed by atoms with van der Waals surface area (Å²) < 4.78 is 0. The Hall–Kier alpha value is -0.830. The van der Waals surface area contributed by atoms with Crippen LogP contribution in [0.2, 0.25) is 0 Å². The number of hydrogen-bond acceptors (Lipinski definition) is 3. The van der Waals surface area contributed by atoms with Gasteiger partial charge in [-0.25, -0.2) is 4.79 Å². The Morgan fingerprint density at radius 1 is 1.64 bits per heavy atom. The van der Waals surface area contributed by atoms with Gasteiger partial charge in [0, 0.05) is 5.57 Å². The van der Waals surface area contributed by atoms with Gasteiger partial charge in [-0.3, -0.25) is 4.89 Å². The van der Waals surface area contributed by atoms with Gasteiger partial charge < -0.3 is 0 Å². The highest BCUT2D eigenvalue weighted by Crippen LogP contribution is 2.01. The topological polar surface area (TPSA) is 46.5 Å². The minimum atomic E-state index is -0.666. The Balaban J connectivity index is 3.71. The van der Waals surface area contributed by atoms with E-state index < -0.39 is 5.97 Å². The van der Waals surface area contributed by atoms with E-state index in [1.807, 2.05) is 0 Å². The third-order valence-corrected chi connectivity index (χ3v) is 1.41. The Bertz CT molecular complexity index is 149. The highest BCUT2D eigenvalue weighted by molar-refractivity contribution is 5.87. The van der Waals surface area contributed by atoms with E-state index in [0.717, 1.165) is 19.3 Å². The molecular formula is C8H14O3. The van der Waals surface area contributed by atoms with E-state index >= 15 is 0 Å². The average molecular weight is 158 g/mol. The molecule has 0 aromatic heterocycles. The molecule has 0 unspecified atom stereocenters. The zero-order valence-corrected chi connectivity index (χ0v) is 6.96. The smallest absolute Gasteiger partial charge is 0.296 e. The Labute approximate surface area is 66.6 Å². The quantitative estimate of drug-likeness (QED) is 0.295. The van der Waals surface area contributed by atoms with E-state index in [9.17, 15) is 4.79 Å². The lowest BCUT2D eigenvalue weighted by Crippen LogP contribution is -2.01. The van der Waals surface area contributed by atoms with E-state index in [-0.39, 0.29) is 0 Å². The third-order valence-electron chi connectivity index (χ3n) is 1.41. The molecule has 0 aliphatic rings. The zero-order valence-electron chi connectivity index (χ0n) is 6.96. The molecule has 0 aromatic rings. The first-order valence-electron chi connectivity index (χ1n) is 3.74. The largest absolute Gasteiger partial charge is 0.368 e. The van der Waals surface area contributed by atoms with E-state index in [4.69, 9.17) is 5.26 Å². The predicted molar refractivity (Wildman–Crippen MR) is 42.0 cm³/mol. The molecule has 3 heteroatoms. The summed E-state index contributed by atoms with van der Waals surface area (Å²) in [6, 6.07) is 0. The molecular weight excluding hydrogens is 144 g/mol. The normalized spacial score (nSPS) is 11.4. The molecule has 0 fully saturated rings. The van der Waals surface area contributed by atoms with Gasteiger partial charge in [0.25, 0.3) is 0 Å². The minimum Gasteiger partial charge on any atom is -0.296 e. The predicted octanol–water partition coefficient (Wildman–Crippen LogP) is 2.14. The van der Waals surface area contributed by atoms with Crippen LogP contribution in [0.25, 0.3) is 0 Å². The van der Waals surface area contributed by atoms with Gasteiger partial charge in [-0.15, -0.1) is 0 Å². The summed E-state index contributed by atoms with van der Waals surface area (Å²) in [5.74, 6) is -0.666. The Morgan fingerprint density at radius 3 is 2.73 bits per heavy atom. The molecule has 64 valence electrons. The second-order valence-electron chi connectivity index (χ2n) is 2.41. The molecule has 0 spiro atoms. The minimum absolute atomic E-state index is 0.459. The molecule has 1 N–H and O–H groups in total. The summed E-state index contributed by atoms with van der Waals surface area (Å²) in [4.78, 5) is 14.1. The number of carbonyl (C=O) groups excluding carboxylic acids is 1. The molecule has 0 heterocycles. The lowest BCUT2D eigenvalue weighted by molar-refractivity contribution is -0.229. The van der Waals surface area contributed by atoms with Gasteiger partial charge in [-0.1, -0.05) is 25.8 Å². The lowest BCUT2D eigenvalue weighted by Gasteiger charge is -1.95. The molecule has 3 nitrogen and oxygen atoms in total.